The van der Waals surface area contributed by atoms with Crippen LogP contribution in [0.15, 0.2) is 18.2 Å². The molecule has 0 bridgehead atoms. The lowest BCUT2D eigenvalue weighted by Gasteiger charge is -2.09. The molecule has 2 N–H and O–H groups in total. The van der Waals surface area contributed by atoms with Gasteiger partial charge >= 0.3 is 5.97 Å². The van der Waals surface area contributed by atoms with Crippen molar-refractivity contribution in [3.05, 3.63) is 23.9 Å². The Kier molecular flexibility index (Phi) is 5.10. The molecule has 6 nitrogen and oxygen atoms in total. The first-order chi connectivity index (χ1) is 8.49. The molecule has 0 saturated heterocycles. The summed E-state index contributed by atoms with van der Waals surface area (Å²) in [6, 6.07) is 4.87. The topological polar surface area (TPSA) is 88.5 Å². The second kappa shape index (κ2) is 6.58. The highest BCUT2D eigenvalue weighted by Gasteiger charge is 2.09. The fourth-order valence-electron chi connectivity index (χ4n) is 1.22. The van der Waals surface area contributed by atoms with Crippen molar-refractivity contribution in [3.63, 3.8) is 0 Å². The van der Waals surface area contributed by atoms with E-state index >= 15 is 0 Å². The summed E-state index contributed by atoms with van der Waals surface area (Å²) in [6.07, 6.45) is -0.142. The molecule has 6 heteroatoms. The summed E-state index contributed by atoms with van der Waals surface area (Å²) >= 11 is 0. The van der Waals surface area contributed by atoms with Crippen LogP contribution < -0.4 is 10.1 Å². The molecule has 0 fully saturated rings. The maximum atomic E-state index is 11.6. The Morgan fingerprint density at radius 1 is 1.44 bits per heavy atom. The zero-order valence-electron chi connectivity index (χ0n) is 10.3. The Bertz CT molecular complexity index is 432. The number of rotatable bonds is 6. The molecule has 1 amide bonds. The van der Waals surface area contributed by atoms with Gasteiger partial charge in [-0.3, -0.25) is 9.59 Å². The number of hydrogen-bond donors (Lipinski definition) is 2. The third-order valence-electron chi connectivity index (χ3n) is 1.94. The largest absolute Gasteiger partial charge is 0.481 e. The van der Waals surface area contributed by atoms with Crippen molar-refractivity contribution in [1.29, 1.82) is 0 Å². The molecule has 1 rings (SSSR count). The molecule has 18 heavy (non-hydrogen) atoms. The number of pyridine rings is 1. The van der Waals surface area contributed by atoms with Gasteiger partial charge in [-0.25, -0.2) is 4.98 Å². The number of ether oxygens (including phenoxy) is 1. The maximum Gasteiger partial charge on any atom is 0.305 e. The molecule has 0 saturated carbocycles. The van der Waals surface area contributed by atoms with Crippen molar-refractivity contribution in [2.45, 2.75) is 26.4 Å². The van der Waals surface area contributed by atoms with Gasteiger partial charge < -0.3 is 15.2 Å². The summed E-state index contributed by atoms with van der Waals surface area (Å²) in [4.78, 5) is 26.0. The highest BCUT2D eigenvalue weighted by atomic mass is 16.5. The number of nitrogens with one attached hydrogen (secondary N) is 1. The molecule has 0 aliphatic rings. The van der Waals surface area contributed by atoms with Gasteiger partial charge in [0.15, 0.2) is 0 Å². The van der Waals surface area contributed by atoms with E-state index in [4.69, 9.17) is 9.84 Å². The molecule has 0 atom stereocenters. The van der Waals surface area contributed by atoms with Gasteiger partial charge in [0.25, 0.3) is 5.91 Å². The first kappa shape index (κ1) is 14.0. The monoisotopic (exact) mass is 252 g/mol. The van der Waals surface area contributed by atoms with Gasteiger partial charge in [0.1, 0.15) is 5.69 Å². The van der Waals surface area contributed by atoms with E-state index in [2.05, 4.69) is 10.3 Å². The minimum Gasteiger partial charge on any atom is -0.481 e. The number of amides is 1. The standard InChI is InChI=1S/C12H16N2O4/c1-8(2)18-10-5-3-4-9(14-10)12(17)13-7-6-11(15)16/h3-5,8H,6-7H2,1-2H3,(H,13,17)(H,15,16). The van der Waals surface area contributed by atoms with Crippen molar-refractivity contribution in [1.82, 2.24) is 10.3 Å². The van der Waals surface area contributed by atoms with Crippen LogP contribution in [-0.4, -0.2) is 34.6 Å². The van der Waals surface area contributed by atoms with Crippen LogP contribution in [0.4, 0.5) is 0 Å². The Hall–Kier alpha value is -2.11. The summed E-state index contributed by atoms with van der Waals surface area (Å²) in [5.41, 5.74) is 0.207. The van der Waals surface area contributed by atoms with Crippen molar-refractivity contribution >= 4 is 11.9 Å². The van der Waals surface area contributed by atoms with Crippen LogP contribution in [-0.2, 0) is 4.79 Å². The molecule has 0 unspecified atom stereocenters. The number of carboxylic acids is 1. The van der Waals surface area contributed by atoms with E-state index in [1.54, 1.807) is 18.2 Å². The number of carboxylic acid groups (broad SMARTS) is 1. The number of aromatic nitrogens is 1. The van der Waals surface area contributed by atoms with Gasteiger partial charge in [0, 0.05) is 12.6 Å². The normalized spacial score (nSPS) is 10.2. The van der Waals surface area contributed by atoms with Gasteiger partial charge in [-0.2, -0.15) is 0 Å². The Balaban J connectivity index is 2.59. The van der Waals surface area contributed by atoms with Gasteiger partial charge in [-0.05, 0) is 19.9 Å². The molecule has 0 aromatic carbocycles. The molecule has 0 aliphatic carbocycles. The zero-order chi connectivity index (χ0) is 13.5. The maximum absolute atomic E-state index is 11.6. The van der Waals surface area contributed by atoms with Crippen molar-refractivity contribution in [2.75, 3.05) is 6.54 Å². The van der Waals surface area contributed by atoms with Crippen molar-refractivity contribution in [3.8, 4) is 5.88 Å². The van der Waals surface area contributed by atoms with Crippen LogP contribution in [0.25, 0.3) is 0 Å². The lowest BCUT2D eigenvalue weighted by atomic mass is 10.3. The molecule has 1 heterocycles. The van der Waals surface area contributed by atoms with E-state index in [9.17, 15) is 9.59 Å². The third-order valence-corrected chi connectivity index (χ3v) is 1.94. The van der Waals surface area contributed by atoms with Crippen molar-refractivity contribution in [2.24, 2.45) is 0 Å². The highest BCUT2D eigenvalue weighted by molar-refractivity contribution is 5.92. The molecule has 0 aliphatic heterocycles. The number of hydrogen-bond acceptors (Lipinski definition) is 4. The van der Waals surface area contributed by atoms with Crippen LogP contribution in [0, 0.1) is 0 Å². The fourth-order valence-corrected chi connectivity index (χ4v) is 1.22. The average molecular weight is 252 g/mol. The third kappa shape index (κ3) is 4.82. The second-order valence-corrected chi connectivity index (χ2v) is 3.93. The average Bonchev–Trinajstić information content (AvgIpc) is 2.27. The Labute approximate surface area is 105 Å². The Morgan fingerprint density at radius 3 is 2.78 bits per heavy atom. The first-order valence-electron chi connectivity index (χ1n) is 5.62. The van der Waals surface area contributed by atoms with Crippen LogP contribution >= 0.6 is 0 Å². The molecule has 1 aromatic heterocycles. The smallest absolute Gasteiger partial charge is 0.305 e. The van der Waals surface area contributed by atoms with Gasteiger partial charge in [0.2, 0.25) is 5.88 Å². The lowest BCUT2D eigenvalue weighted by Crippen LogP contribution is -2.26. The molecule has 0 radical (unpaired) electrons. The van der Waals surface area contributed by atoms with E-state index in [1.807, 2.05) is 13.8 Å². The molecule has 98 valence electrons. The van der Waals surface area contributed by atoms with E-state index in [0.29, 0.717) is 5.88 Å². The molecular weight excluding hydrogens is 236 g/mol. The Morgan fingerprint density at radius 2 is 2.17 bits per heavy atom. The lowest BCUT2D eigenvalue weighted by molar-refractivity contribution is -0.136. The quantitative estimate of drug-likeness (QED) is 0.790. The number of aliphatic carboxylic acids is 1. The van der Waals surface area contributed by atoms with E-state index in [1.165, 1.54) is 0 Å². The minimum atomic E-state index is -0.958. The number of nitrogens with zero attached hydrogens (tertiary/aromatic N) is 1. The highest BCUT2D eigenvalue weighted by Crippen LogP contribution is 2.09. The number of carbonyl (C=O) groups is 2. The molecule has 1 aromatic rings. The summed E-state index contributed by atoms with van der Waals surface area (Å²) < 4.78 is 5.36. The predicted molar refractivity (Wildman–Crippen MR) is 64.6 cm³/mol. The SMILES string of the molecule is CC(C)Oc1cccc(C(=O)NCCC(=O)O)n1. The van der Waals surface area contributed by atoms with Crippen LogP contribution in [0.2, 0.25) is 0 Å². The molecule has 0 spiro atoms. The molecular formula is C12H16N2O4. The van der Waals surface area contributed by atoms with Crippen LogP contribution in [0.1, 0.15) is 30.8 Å². The van der Waals surface area contributed by atoms with Gasteiger partial charge in [-0.1, -0.05) is 6.07 Å². The zero-order valence-corrected chi connectivity index (χ0v) is 10.3. The number of carbonyl (C=O) groups excluding carboxylic acids is 1. The second-order valence-electron chi connectivity index (χ2n) is 3.93. The van der Waals surface area contributed by atoms with E-state index < -0.39 is 11.9 Å². The summed E-state index contributed by atoms with van der Waals surface area (Å²) in [7, 11) is 0. The van der Waals surface area contributed by atoms with Gasteiger partial charge in [-0.15, -0.1) is 0 Å². The summed E-state index contributed by atoms with van der Waals surface area (Å²) in [5, 5.41) is 10.9. The first-order valence-corrected chi connectivity index (χ1v) is 5.62. The summed E-state index contributed by atoms with van der Waals surface area (Å²) in [6.45, 7) is 3.80. The van der Waals surface area contributed by atoms with E-state index in [0.717, 1.165) is 0 Å². The predicted octanol–water partition coefficient (Wildman–Crippen LogP) is 1.07. The van der Waals surface area contributed by atoms with E-state index in [-0.39, 0.29) is 24.8 Å². The van der Waals surface area contributed by atoms with Crippen LogP contribution in [0.5, 0.6) is 5.88 Å². The van der Waals surface area contributed by atoms with Crippen molar-refractivity contribution < 1.29 is 19.4 Å². The van der Waals surface area contributed by atoms with Crippen LogP contribution in [0.3, 0.4) is 0 Å². The summed E-state index contributed by atoms with van der Waals surface area (Å²) in [5.74, 6) is -0.999. The minimum absolute atomic E-state index is 0.0252. The van der Waals surface area contributed by atoms with Gasteiger partial charge in [0.05, 0.1) is 12.5 Å². The fraction of sp³-hybridized carbons (Fsp3) is 0.417.